The first kappa shape index (κ1) is 9.33. The van der Waals surface area contributed by atoms with E-state index >= 15 is 0 Å². The average molecular weight is 194 g/mol. The molecule has 0 saturated carbocycles. The first-order chi connectivity index (χ1) is 6.74. The average Bonchev–Trinajstić information content (AvgIpc) is 2.44. The molecular weight excluding hydrogens is 180 g/mol. The molecule has 76 valence electrons. The quantitative estimate of drug-likeness (QED) is 0.704. The van der Waals surface area contributed by atoms with Gasteiger partial charge < -0.3 is 5.32 Å². The minimum Gasteiger partial charge on any atom is -0.316 e. The van der Waals surface area contributed by atoms with E-state index in [1.807, 2.05) is 0 Å². The topological polar surface area (TPSA) is 59.8 Å². The van der Waals surface area contributed by atoms with Gasteiger partial charge in [0.25, 0.3) is 0 Å². The van der Waals surface area contributed by atoms with Crippen LogP contribution in [0.3, 0.4) is 0 Å². The summed E-state index contributed by atoms with van der Waals surface area (Å²) in [4.78, 5) is 11.5. The van der Waals surface area contributed by atoms with Crippen LogP contribution in [0.4, 0.5) is 0 Å². The molecule has 1 fully saturated rings. The van der Waals surface area contributed by atoms with Crippen molar-refractivity contribution in [1.82, 2.24) is 20.3 Å². The first-order valence-electron chi connectivity index (χ1n) is 4.81. The van der Waals surface area contributed by atoms with Crippen LogP contribution in [0.5, 0.6) is 0 Å². The molecule has 2 heterocycles. The van der Waals surface area contributed by atoms with Crippen LogP contribution < -0.4 is 5.32 Å². The van der Waals surface area contributed by atoms with Crippen molar-refractivity contribution in [3.63, 3.8) is 0 Å². The smallest absolute Gasteiger partial charge is 0.139 e. The lowest BCUT2D eigenvalue weighted by atomic mass is 9.95. The Hall–Kier alpha value is -1.23. The second-order valence-corrected chi connectivity index (χ2v) is 3.83. The summed E-state index contributed by atoms with van der Waals surface area (Å²) >= 11 is 0. The van der Waals surface area contributed by atoms with Crippen molar-refractivity contribution in [2.75, 3.05) is 13.1 Å². The van der Waals surface area contributed by atoms with E-state index in [-0.39, 0.29) is 5.78 Å². The number of hydrogen-bond donors (Lipinski definition) is 1. The molecule has 5 heteroatoms. The SMILES string of the molecule is Cn1cc(CC(=O)CC2CNC2)nn1. The van der Waals surface area contributed by atoms with Crippen molar-refractivity contribution < 1.29 is 4.79 Å². The molecule has 0 unspecified atom stereocenters. The molecule has 0 aromatic carbocycles. The molecule has 1 saturated heterocycles. The van der Waals surface area contributed by atoms with Gasteiger partial charge in [-0.3, -0.25) is 9.48 Å². The van der Waals surface area contributed by atoms with Crippen molar-refractivity contribution in [3.05, 3.63) is 11.9 Å². The number of aryl methyl sites for hydroxylation is 1. The Morgan fingerprint density at radius 1 is 1.71 bits per heavy atom. The van der Waals surface area contributed by atoms with E-state index in [9.17, 15) is 4.79 Å². The van der Waals surface area contributed by atoms with Crippen LogP contribution in [0.2, 0.25) is 0 Å². The predicted molar refractivity (Wildman–Crippen MR) is 50.7 cm³/mol. The van der Waals surface area contributed by atoms with Crippen molar-refractivity contribution in [1.29, 1.82) is 0 Å². The summed E-state index contributed by atoms with van der Waals surface area (Å²) in [5.41, 5.74) is 0.768. The number of carbonyl (C=O) groups excluding carboxylic acids is 1. The zero-order valence-electron chi connectivity index (χ0n) is 8.23. The van der Waals surface area contributed by atoms with Crippen LogP contribution >= 0.6 is 0 Å². The summed E-state index contributed by atoms with van der Waals surface area (Å²) in [5, 5.41) is 10.8. The lowest BCUT2D eigenvalue weighted by Gasteiger charge is -2.26. The second-order valence-electron chi connectivity index (χ2n) is 3.83. The fraction of sp³-hybridized carbons (Fsp3) is 0.667. The molecule has 0 atom stereocenters. The standard InChI is InChI=1S/C9H14N4O/c1-13-6-8(11-12-13)3-9(14)2-7-4-10-5-7/h6-7,10H,2-5H2,1H3. The molecule has 1 aliphatic heterocycles. The third-order valence-corrected chi connectivity index (χ3v) is 2.41. The summed E-state index contributed by atoms with van der Waals surface area (Å²) in [5.74, 6) is 0.802. The van der Waals surface area contributed by atoms with Gasteiger partial charge in [-0.05, 0) is 19.0 Å². The van der Waals surface area contributed by atoms with Gasteiger partial charge in [0.1, 0.15) is 5.78 Å². The molecule has 1 aromatic heterocycles. The highest BCUT2D eigenvalue weighted by molar-refractivity contribution is 5.80. The number of aromatic nitrogens is 3. The summed E-state index contributed by atoms with van der Waals surface area (Å²) in [6.07, 6.45) is 2.88. The zero-order chi connectivity index (χ0) is 9.97. The van der Waals surface area contributed by atoms with Gasteiger partial charge in [0, 0.05) is 19.7 Å². The van der Waals surface area contributed by atoms with Gasteiger partial charge >= 0.3 is 0 Å². The van der Waals surface area contributed by atoms with Gasteiger partial charge in [-0.25, -0.2) is 0 Å². The van der Waals surface area contributed by atoms with Crippen molar-refractivity contribution >= 4 is 5.78 Å². The van der Waals surface area contributed by atoms with E-state index in [2.05, 4.69) is 15.6 Å². The van der Waals surface area contributed by atoms with Crippen LogP contribution in [-0.2, 0) is 18.3 Å². The molecule has 14 heavy (non-hydrogen) atoms. The Morgan fingerprint density at radius 3 is 3.00 bits per heavy atom. The molecule has 0 amide bonds. The number of rotatable bonds is 4. The Labute approximate surface area is 82.5 Å². The maximum Gasteiger partial charge on any atom is 0.139 e. The Morgan fingerprint density at radius 2 is 2.50 bits per heavy atom. The van der Waals surface area contributed by atoms with E-state index in [1.54, 1.807) is 17.9 Å². The third kappa shape index (κ3) is 2.17. The fourth-order valence-electron chi connectivity index (χ4n) is 1.57. The van der Waals surface area contributed by atoms with Crippen LogP contribution in [0, 0.1) is 5.92 Å². The zero-order valence-corrected chi connectivity index (χ0v) is 8.23. The maximum atomic E-state index is 11.5. The first-order valence-corrected chi connectivity index (χ1v) is 4.81. The highest BCUT2D eigenvalue weighted by Gasteiger charge is 2.20. The molecule has 5 nitrogen and oxygen atoms in total. The molecule has 2 rings (SSSR count). The minimum absolute atomic E-state index is 0.261. The molecule has 0 spiro atoms. The van der Waals surface area contributed by atoms with Crippen molar-refractivity contribution in [3.8, 4) is 0 Å². The molecule has 0 bridgehead atoms. The molecular formula is C9H14N4O. The number of Topliss-reactive ketones (excluding diaryl/α,β-unsaturated/α-hetero) is 1. The lowest BCUT2D eigenvalue weighted by Crippen LogP contribution is -2.43. The van der Waals surface area contributed by atoms with Crippen molar-refractivity contribution in [2.45, 2.75) is 12.8 Å². The number of nitrogens with one attached hydrogen (secondary N) is 1. The van der Waals surface area contributed by atoms with Crippen LogP contribution in [-0.4, -0.2) is 33.9 Å². The van der Waals surface area contributed by atoms with E-state index in [0.717, 1.165) is 18.8 Å². The summed E-state index contributed by atoms with van der Waals surface area (Å²) < 4.78 is 1.62. The minimum atomic E-state index is 0.261. The van der Waals surface area contributed by atoms with Gasteiger partial charge in [0.15, 0.2) is 0 Å². The van der Waals surface area contributed by atoms with Gasteiger partial charge in [0.05, 0.1) is 12.1 Å². The summed E-state index contributed by atoms with van der Waals surface area (Å²) in [6, 6.07) is 0. The number of hydrogen-bond acceptors (Lipinski definition) is 4. The second kappa shape index (κ2) is 3.88. The summed E-state index contributed by atoms with van der Waals surface area (Å²) in [6.45, 7) is 1.96. The van der Waals surface area contributed by atoms with Gasteiger partial charge in [-0.15, -0.1) is 5.10 Å². The van der Waals surface area contributed by atoms with Crippen LogP contribution in [0.25, 0.3) is 0 Å². The largest absolute Gasteiger partial charge is 0.316 e. The summed E-state index contributed by atoms with van der Waals surface area (Å²) in [7, 11) is 1.80. The molecule has 1 aliphatic rings. The highest BCUT2D eigenvalue weighted by Crippen LogP contribution is 2.10. The number of carbonyl (C=O) groups is 1. The monoisotopic (exact) mass is 194 g/mol. The predicted octanol–water partition coefficient (Wildman–Crippen LogP) is -0.464. The molecule has 0 aliphatic carbocycles. The lowest BCUT2D eigenvalue weighted by molar-refractivity contribution is -0.119. The Bertz CT molecular complexity index is 329. The van der Waals surface area contributed by atoms with E-state index in [1.165, 1.54) is 0 Å². The number of nitrogens with zero attached hydrogens (tertiary/aromatic N) is 3. The van der Waals surface area contributed by atoms with Crippen LogP contribution in [0.15, 0.2) is 6.20 Å². The van der Waals surface area contributed by atoms with E-state index < -0.39 is 0 Å². The van der Waals surface area contributed by atoms with E-state index in [0.29, 0.717) is 18.8 Å². The van der Waals surface area contributed by atoms with Gasteiger partial charge in [0.2, 0.25) is 0 Å². The Balaban J connectivity index is 1.81. The normalized spacial score (nSPS) is 16.6. The molecule has 1 aromatic rings. The maximum absolute atomic E-state index is 11.5. The molecule has 0 radical (unpaired) electrons. The van der Waals surface area contributed by atoms with Crippen LogP contribution in [0.1, 0.15) is 12.1 Å². The Kier molecular flexibility index (Phi) is 2.58. The van der Waals surface area contributed by atoms with Gasteiger partial charge in [-0.2, -0.15) is 0 Å². The third-order valence-electron chi connectivity index (χ3n) is 2.41. The van der Waals surface area contributed by atoms with Gasteiger partial charge in [-0.1, -0.05) is 5.21 Å². The van der Waals surface area contributed by atoms with E-state index in [4.69, 9.17) is 0 Å². The molecule has 1 N–H and O–H groups in total. The fourth-order valence-corrected chi connectivity index (χ4v) is 1.57. The van der Waals surface area contributed by atoms with Crippen molar-refractivity contribution in [2.24, 2.45) is 13.0 Å². The number of ketones is 1. The highest BCUT2D eigenvalue weighted by atomic mass is 16.1.